The van der Waals surface area contributed by atoms with Gasteiger partial charge in [-0.3, -0.25) is 4.98 Å². The lowest BCUT2D eigenvalue weighted by molar-refractivity contribution is 0.876. The van der Waals surface area contributed by atoms with Crippen molar-refractivity contribution in [3.05, 3.63) is 59.3 Å². The van der Waals surface area contributed by atoms with Crippen LogP contribution in [0.3, 0.4) is 0 Å². The number of aromatic nitrogens is 1. The van der Waals surface area contributed by atoms with Gasteiger partial charge in [-0.15, -0.1) is 11.3 Å². The Hall–Kier alpha value is -1.97. The monoisotopic (exact) mass is 403 g/mol. The zero-order chi connectivity index (χ0) is 20.2. The first kappa shape index (κ1) is 19.3. The van der Waals surface area contributed by atoms with Crippen molar-refractivity contribution >= 4 is 44.8 Å². The average Bonchev–Trinajstić information content (AvgIpc) is 2.97. The minimum atomic E-state index is -1.37. The van der Waals surface area contributed by atoms with Crippen LogP contribution in [-0.4, -0.2) is 13.1 Å². The first-order valence-electron chi connectivity index (χ1n) is 10.1. The average molecular weight is 404 g/mol. The van der Waals surface area contributed by atoms with Gasteiger partial charge in [0.15, 0.2) is 0 Å². The molecule has 4 rings (SSSR count). The minimum absolute atomic E-state index is 0.479. The zero-order valence-electron chi connectivity index (χ0n) is 18.0. The number of pyridine rings is 1. The van der Waals surface area contributed by atoms with Crippen molar-refractivity contribution in [2.24, 2.45) is 0 Å². The summed E-state index contributed by atoms with van der Waals surface area (Å²) in [5.74, 6) is 0.479. The lowest BCUT2D eigenvalue weighted by Gasteiger charge is -2.14. The zero-order valence-corrected chi connectivity index (χ0v) is 19.8. The highest BCUT2D eigenvalue weighted by Crippen LogP contribution is 2.37. The largest absolute Gasteiger partial charge is 0.255 e. The van der Waals surface area contributed by atoms with E-state index in [2.05, 4.69) is 83.7 Å². The highest BCUT2D eigenvalue weighted by Gasteiger charge is 2.24. The van der Waals surface area contributed by atoms with Crippen LogP contribution >= 0.6 is 11.3 Å². The maximum absolute atomic E-state index is 4.87. The Morgan fingerprint density at radius 3 is 2.36 bits per heavy atom. The molecular formula is C25H29NSSi. The fraction of sp³-hybridized carbons (Fsp3) is 0.320. The fourth-order valence-corrected chi connectivity index (χ4v) is 8.06. The lowest BCUT2D eigenvalue weighted by atomic mass is 9.92. The van der Waals surface area contributed by atoms with Gasteiger partial charge >= 0.3 is 0 Å². The summed E-state index contributed by atoms with van der Waals surface area (Å²) in [5, 5.41) is 4.06. The minimum Gasteiger partial charge on any atom is -0.255 e. The van der Waals surface area contributed by atoms with Crippen LogP contribution in [0.2, 0.25) is 19.6 Å². The van der Waals surface area contributed by atoms with E-state index >= 15 is 0 Å². The van der Waals surface area contributed by atoms with Gasteiger partial charge in [0, 0.05) is 11.8 Å². The highest BCUT2D eigenvalue weighted by molar-refractivity contribution is 7.32. The molecule has 0 aliphatic carbocycles. The topological polar surface area (TPSA) is 12.9 Å². The molecule has 0 aliphatic heterocycles. The summed E-state index contributed by atoms with van der Waals surface area (Å²) in [7, 11) is -1.37. The van der Waals surface area contributed by atoms with Crippen LogP contribution < -0.4 is 4.50 Å². The van der Waals surface area contributed by atoms with Crippen LogP contribution in [0.4, 0.5) is 0 Å². The third-order valence-corrected chi connectivity index (χ3v) is 10.6. The van der Waals surface area contributed by atoms with E-state index in [9.17, 15) is 0 Å². The molecule has 0 spiro atoms. The van der Waals surface area contributed by atoms with Gasteiger partial charge in [-0.25, -0.2) is 0 Å². The van der Waals surface area contributed by atoms with Crippen molar-refractivity contribution in [2.75, 3.05) is 0 Å². The van der Waals surface area contributed by atoms with E-state index in [0.29, 0.717) is 5.92 Å². The highest BCUT2D eigenvalue weighted by atomic mass is 32.1. The van der Waals surface area contributed by atoms with E-state index in [0.717, 1.165) is 5.69 Å². The van der Waals surface area contributed by atoms with Gasteiger partial charge in [-0.2, -0.15) is 0 Å². The molecule has 144 valence electrons. The van der Waals surface area contributed by atoms with Crippen molar-refractivity contribution in [3.8, 4) is 11.3 Å². The van der Waals surface area contributed by atoms with E-state index in [1.165, 1.54) is 43.1 Å². The molecule has 2 heterocycles. The van der Waals surface area contributed by atoms with Crippen molar-refractivity contribution in [2.45, 2.75) is 53.3 Å². The molecule has 0 amide bonds. The standard InChI is InChI=1S/C25H29NSSi/c1-15(2)22-14-19(13-18-12-16(3)8-9-21(18)22)23-24-20(10-11-26-23)17(4)25(27-24)28(5,6)7/h8-15H,1-7H3. The van der Waals surface area contributed by atoms with Crippen LogP contribution in [0.5, 0.6) is 0 Å². The predicted molar refractivity (Wildman–Crippen MR) is 129 cm³/mol. The second-order valence-electron chi connectivity index (χ2n) is 9.29. The van der Waals surface area contributed by atoms with E-state index in [1.807, 2.05) is 17.5 Å². The first-order valence-corrected chi connectivity index (χ1v) is 14.4. The van der Waals surface area contributed by atoms with E-state index in [1.54, 1.807) is 4.50 Å². The Bertz CT molecular complexity index is 1190. The second-order valence-corrected chi connectivity index (χ2v) is 15.7. The molecule has 0 aliphatic rings. The predicted octanol–water partition coefficient (Wildman–Crippen LogP) is 7.40. The van der Waals surface area contributed by atoms with Gasteiger partial charge < -0.3 is 0 Å². The first-order chi connectivity index (χ1) is 13.2. The summed E-state index contributed by atoms with van der Waals surface area (Å²) in [6, 6.07) is 13.7. The number of thiophene rings is 1. The molecule has 0 bridgehead atoms. The van der Waals surface area contributed by atoms with Crippen LogP contribution in [0.15, 0.2) is 42.6 Å². The van der Waals surface area contributed by atoms with Crippen LogP contribution in [0.1, 0.15) is 36.5 Å². The Balaban J connectivity index is 2.04. The molecule has 0 radical (unpaired) electrons. The van der Waals surface area contributed by atoms with Crippen molar-refractivity contribution < 1.29 is 0 Å². The molecule has 3 heteroatoms. The van der Waals surface area contributed by atoms with E-state index in [4.69, 9.17) is 4.98 Å². The van der Waals surface area contributed by atoms with E-state index in [-0.39, 0.29) is 0 Å². The van der Waals surface area contributed by atoms with Crippen molar-refractivity contribution in [1.29, 1.82) is 0 Å². The molecule has 28 heavy (non-hydrogen) atoms. The van der Waals surface area contributed by atoms with Gasteiger partial charge in [-0.05, 0) is 69.8 Å². The fourth-order valence-electron chi connectivity index (χ4n) is 4.20. The second kappa shape index (κ2) is 6.82. The normalized spacial score (nSPS) is 12.4. The molecule has 1 nitrogen and oxygen atoms in total. The van der Waals surface area contributed by atoms with Gasteiger partial charge in [0.25, 0.3) is 0 Å². The molecule has 0 atom stereocenters. The number of hydrogen-bond acceptors (Lipinski definition) is 2. The van der Waals surface area contributed by atoms with Crippen LogP contribution in [0.25, 0.3) is 32.1 Å². The third kappa shape index (κ3) is 3.21. The molecule has 0 saturated heterocycles. The van der Waals surface area contributed by atoms with Crippen LogP contribution in [-0.2, 0) is 0 Å². The number of benzene rings is 2. The Morgan fingerprint density at radius 1 is 0.929 bits per heavy atom. The summed E-state index contributed by atoms with van der Waals surface area (Å²) >= 11 is 1.97. The number of aryl methyl sites for hydroxylation is 2. The molecule has 0 N–H and O–H groups in total. The number of fused-ring (bicyclic) bond motifs is 2. The SMILES string of the molecule is Cc1ccc2c(C(C)C)cc(-c3nccc4c(C)c([Si](C)(C)C)sc34)cc2c1. The summed E-state index contributed by atoms with van der Waals surface area (Å²) < 4.78 is 2.94. The summed E-state index contributed by atoms with van der Waals surface area (Å²) in [6.07, 6.45) is 1.99. The Morgan fingerprint density at radius 2 is 1.68 bits per heavy atom. The molecule has 4 aromatic rings. The summed E-state index contributed by atoms with van der Waals surface area (Å²) in [5.41, 5.74) is 6.56. The maximum Gasteiger partial charge on any atom is 0.0908 e. The molecule has 0 unspecified atom stereocenters. The molecule has 2 aromatic heterocycles. The van der Waals surface area contributed by atoms with Gasteiger partial charge in [0.2, 0.25) is 0 Å². The van der Waals surface area contributed by atoms with Crippen LogP contribution in [0, 0.1) is 13.8 Å². The quantitative estimate of drug-likeness (QED) is 0.325. The summed E-state index contributed by atoms with van der Waals surface area (Å²) in [4.78, 5) is 4.87. The Kier molecular flexibility index (Phi) is 4.71. The molecule has 0 saturated carbocycles. The Labute approximate surface area is 173 Å². The van der Waals surface area contributed by atoms with E-state index < -0.39 is 8.07 Å². The molecule has 2 aromatic carbocycles. The number of rotatable bonds is 3. The summed E-state index contributed by atoms with van der Waals surface area (Å²) in [6.45, 7) is 16.3. The maximum atomic E-state index is 4.87. The third-order valence-electron chi connectivity index (χ3n) is 5.57. The van der Waals surface area contributed by atoms with Gasteiger partial charge in [0.05, 0.1) is 18.5 Å². The smallest absolute Gasteiger partial charge is 0.0908 e. The van der Waals surface area contributed by atoms with Gasteiger partial charge in [0.1, 0.15) is 0 Å². The van der Waals surface area contributed by atoms with Crippen molar-refractivity contribution in [1.82, 2.24) is 4.98 Å². The lowest BCUT2D eigenvalue weighted by Crippen LogP contribution is -2.36. The van der Waals surface area contributed by atoms with Gasteiger partial charge in [-0.1, -0.05) is 57.3 Å². The number of hydrogen-bond donors (Lipinski definition) is 0. The van der Waals surface area contributed by atoms with Crippen molar-refractivity contribution in [3.63, 3.8) is 0 Å². The molecule has 0 fully saturated rings. The molecular weight excluding hydrogens is 374 g/mol. The number of nitrogens with zero attached hydrogens (tertiary/aromatic N) is 1.